The Kier molecular flexibility index (Phi) is 3.64. The van der Waals surface area contributed by atoms with Crippen molar-refractivity contribution in [3.63, 3.8) is 0 Å². The molecule has 1 aromatic heterocycles. The predicted molar refractivity (Wildman–Crippen MR) is 58.5 cm³/mol. The molecule has 4 nitrogen and oxygen atoms in total. The van der Waals surface area contributed by atoms with Gasteiger partial charge in [0.05, 0.1) is 10.6 Å². The fraction of sp³-hybridized carbons (Fsp3) is 0.222. The van der Waals surface area contributed by atoms with Crippen LogP contribution in [0.15, 0.2) is 18.2 Å². The van der Waals surface area contributed by atoms with Gasteiger partial charge in [-0.1, -0.05) is 6.08 Å². The van der Waals surface area contributed by atoms with Crippen molar-refractivity contribution < 1.29 is 4.92 Å². The van der Waals surface area contributed by atoms with Gasteiger partial charge in [0.25, 0.3) is 5.69 Å². The summed E-state index contributed by atoms with van der Waals surface area (Å²) in [7, 11) is 0. The Balaban J connectivity index is 3.00. The number of rotatable bonds is 3. The third-order valence-corrected chi connectivity index (χ3v) is 1.88. The molecule has 1 heterocycles. The zero-order chi connectivity index (χ0) is 10.6. The second kappa shape index (κ2) is 4.76. The Hall–Kier alpha value is -1.36. The molecular weight excluding hydrogens is 200 g/mol. The largest absolute Gasteiger partial charge is 0.290 e. The molecular formula is C9H10N2O2S. The van der Waals surface area contributed by atoms with Crippen molar-refractivity contribution in [1.82, 2.24) is 4.98 Å². The summed E-state index contributed by atoms with van der Waals surface area (Å²) in [5, 5.41) is 10.5. The number of pyridine rings is 1. The number of hydrogen-bond donors (Lipinski definition) is 1. The second-order valence-electron chi connectivity index (χ2n) is 2.68. The summed E-state index contributed by atoms with van der Waals surface area (Å²) in [5.41, 5.74) is 1.19. The average molecular weight is 210 g/mol. The van der Waals surface area contributed by atoms with E-state index in [4.69, 9.17) is 0 Å². The summed E-state index contributed by atoms with van der Waals surface area (Å²) < 4.78 is 0. The fourth-order valence-corrected chi connectivity index (χ4v) is 1.14. The van der Waals surface area contributed by atoms with Gasteiger partial charge in [-0.05, 0) is 19.1 Å². The van der Waals surface area contributed by atoms with Crippen molar-refractivity contribution in [2.24, 2.45) is 0 Å². The summed E-state index contributed by atoms with van der Waals surface area (Å²) in [6.07, 6.45) is 3.61. The van der Waals surface area contributed by atoms with Crippen LogP contribution in [0.3, 0.4) is 0 Å². The molecule has 74 valence electrons. The number of nitrogens with zero attached hydrogens (tertiary/aromatic N) is 2. The Labute approximate surface area is 87.2 Å². The molecule has 5 heteroatoms. The van der Waals surface area contributed by atoms with Gasteiger partial charge in [0.2, 0.25) is 0 Å². The van der Waals surface area contributed by atoms with Crippen LogP contribution < -0.4 is 0 Å². The molecule has 0 spiro atoms. The number of aromatic nitrogens is 1. The maximum atomic E-state index is 10.5. The third kappa shape index (κ3) is 2.56. The first kappa shape index (κ1) is 10.7. The van der Waals surface area contributed by atoms with Crippen molar-refractivity contribution in [2.75, 3.05) is 5.75 Å². The van der Waals surface area contributed by atoms with E-state index in [2.05, 4.69) is 17.6 Å². The topological polar surface area (TPSA) is 56.0 Å². The maximum absolute atomic E-state index is 10.5. The molecule has 0 aliphatic heterocycles. The Bertz CT molecular complexity index is 377. The van der Waals surface area contributed by atoms with Gasteiger partial charge in [0.15, 0.2) is 0 Å². The zero-order valence-corrected chi connectivity index (χ0v) is 8.57. The molecule has 1 rings (SSSR count). The van der Waals surface area contributed by atoms with Gasteiger partial charge in [0.1, 0.15) is 5.69 Å². The van der Waals surface area contributed by atoms with Crippen LogP contribution in [0, 0.1) is 17.0 Å². The highest BCUT2D eigenvalue weighted by Crippen LogP contribution is 2.15. The fourth-order valence-electron chi connectivity index (χ4n) is 1.03. The summed E-state index contributed by atoms with van der Waals surface area (Å²) in [6.45, 7) is 1.62. The van der Waals surface area contributed by atoms with Gasteiger partial charge in [-0.25, -0.2) is 4.98 Å². The van der Waals surface area contributed by atoms with E-state index in [1.54, 1.807) is 19.1 Å². The van der Waals surface area contributed by atoms with Gasteiger partial charge >= 0.3 is 0 Å². The van der Waals surface area contributed by atoms with Crippen molar-refractivity contribution in [1.29, 1.82) is 0 Å². The number of hydrogen-bond acceptors (Lipinski definition) is 4. The number of thiol groups is 1. The smallest absolute Gasteiger partial charge is 0.258 e. The first-order valence-electron chi connectivity index (χ1n) is 4.04. The highest BCUT2D eigenvalue weighted by molar-refractivity contribution is 7.80. The van der Waals surface area contributed by atoms with E-state index in [9.17, 15) is 10.1 Å². The van der Waals surface area contributed by atoms with Crippen LogP contribution >= 0.6 is 12.6 Å². The quantitative estimate of drug-likeness (QED) is 0.473. The van der Waals surface area contributed by atoms with Crippen LogP contribution in [0.25, 0.3) is 6.08 Å². The summed E-state index contributed by atoms with van der Waals surface area (Å²) in [5.74, 6) is 0.623. The molecule has 1 aromatic rings. The molecule has 0 saturated carbocycles. The lowest BCUT2D eigenvalue weighted by molar-refractivity contribution is -0.385. The van der Waals surface area contributed by atoms with Crippen LogP contribution in [0.5, 0.6) is 0 Å². The molecule has 0 saturated heterocycles. The Morgan fingerprint density at radius 3 is 2.86 bits per heavy atom. The summed E-state index contributed by atoms with van der Waals surface area (Å²) >= 11 is 4.01. The minimum atomic E-state index is -0.436. The van der Waals surface area contributed by atoms with Gasteiger partial charge in [-0.2, -0.15) is 12.6 Å². The van der Waals surface area contributed by atoms with E-state index in [0.717, 1.165) is 0 Å². The van der Waals surface area contributed by atoms with Crippen molar-refractivity contribution in [3.8, 4) is 0 Å². The van der Waals surface area contributed by atoms with Gasteiger partial charge < -0.3 is 0 Å². The summed E-state index contributed by atoms with van der Waals surface area (Å²) in [4.78, 5) is 14.1. The van der Waals surface area contributed by atoms with E-state index in [1.807, 2.05) is 6.08 Å². The first-order chi connectivity index (χ1) is 6.65. The summed E-state index contributed by atoms with van der Waals surface area (Å²) in [6, 6.07) is 3.07. The molecule has 0 N–H and O–H groups in total. The van der Waals surface area contributed by atoms with Crippen LogP contribution in [0.2, 0.25) is 0 Å². The molecule has 0 bridgehead atoms. The van der Waals surface area contributed by atoms with E-state index < -0.39 is 4.92 Å². The monoisotopic (exact) mass is 210 g/mol. The highest BCUT2D eigenvalue weighted by atomic mass is 32.1. The average Bonchev–Trinajstić information content (AvgIpc) is 2.14. The number of aryl methyl sites for hydroxylation is 1. The van der Waals surface area contributed by atoms with E-state index in [-0.39, 0.29) is 5.69 Å². The molecule has 0 aliphatic rings. The molecule has 0 unspecified atom stereocenters. The van der Waals surface area contributed by atoms with Crippen molar-refractivity contribution >= 4 is 24.4 Å². The molecule has 0 radical (unpaired) electrons. The van der Waals surface area contributed by atoms with Gasteiger partial charge in [-0.3, -0.25) is 10.1 Å². The lowest BCUT2D eigenvalue weighted by Crippen LogP contribution is -1.95. The standard InChI is InChI=1S/C9H10N2O2S/c1-7-9(11(12)13)5-4-8(10-7)3-2-6-14/h2-5,14H,6H2,1H3. The molecule has 0 amide bonds. The predicted octanol–water partition coefficient (Wildman–Crippen LogP) is 2.24. The van der Waals surface area contributed by atoms with Crippen LogP contribution in [-0.4, -0.2) is 15.7 Å². The van der Waals surface area contributed by atoms with Crippen molar-refractivity contribution in [3.05, 3.63) is 39.7 Å². The minimum absolute atomic E-state index is 0.0491. The molecule has 0 aromatic carbocycles. The van der Waals surface area contributed by atoms with Gasteiger partial charge in [-0.15, -0.1) is 0 Å². The van der Waals surface area contributed by atoms with E-state index in [0.29, 0.717) is 17.1 Å². The number of nitro groups is 1. The van der Waals surface area contributed by atoms with E-state index in [1.165, 1.54) is 6.07 Å². The maximum Gasteiger partial charge on any atom is 0.290 e. The van der Waals surface area contributed by atoms with Crippen LogP contribution in [0.4, 0.5) is 5.69 Å². The van der Waals surface area contributed by atoms with Gasteiger partial charge in [0, 0.05) is 11.8 Å². The zero-order valence-electron chi connectivity index (χ0n) is 7.67. The SMILES string of the molecule is Cc1nc(C=CCS)ccc1[N+](=O)[O-]. The normalized spacial score (nSPS) is 10.7. The lowest BCUT2D eigenvalue weighted by atomic mass is 10.2. The highest BCUT2D eigenvalue weighted by Gasteiger charge is 2.10. The molecule has 0 atom stereocenters. The van der Waals surface area contributed by atoms with Crippen LogP contribution in [-0.2, 0) is 0 Å². The van der Waals surface area contributed by atoms with Crippen LogP contribution in [0.1, 0.15) is 11.4 Å². The van der Waals surface area contributed by atoms with E-state index >= 15 is 0 Å². The Morgan fingerprint density at radius 2 is 2.36 bits per heavy atom. The Morgan fingerprint density at radius 1 is 1.64 bits per heavy atom. The molecule has 0 aliphatic carbocycles. The third-order valence-electron chi connectivity index (χ3n) is 1.67. The minimum Gasteiger partial charge on any atom is -0.258 e. The second-order valence-corrected chi connectivity index (χ2v) is 3.05. The molecule has 14 heavy (non-hydrogen) atoms. The van der Waals surface area contributed by atoms with Crippen molar-refractivity contribution in [2.45, 2.75) is 6.92 Å². The first-order valence-corrected chi connectivity index (χ1v) is 4.68. The lowest BCUT2D eigenvalue weighted by Gasteiger charge is -1.97. The molecule has 0 fully saturated rings.